The van der Waals surface area contributed by atoms with Crippen LogP contribution in [0.3, 0.4) is 0 Å². The molecular weight excluding hydrogens is 387 g/mol. The van der Waals surface area contributed by atoms with Crippen molar-refractivity contribution in [2.75, 3.05) is 6.61 Å². The van der Waals surface area contributed by atoms with Crippen LogP contribution in [-0.2, 0) is 4.79 Å². The molecule has 0 saturated heterocycles. The summed E-state index contributed by atoms with van der Waals surface area (Å²) in [7, 11) is 0. The molecule has 1 N–H and O–H groups in total. The van der Waals surface area contributed by atoms with Gasteiger partial charge >= 0.3 is 0 Å². The van der Waals surface area contributed by atoms with Gasteiger partial charge in [0.1, 0.15) is 12.4 Å². The van der Waals surface area contributed by atoms with Gasteiger partial charge in [-0.3, -0.25) is 4.79 Å². The zero-order valence-electron chi connectivity index (χ0n) is 10.8. The molecule has 1 amide bonds. The molecule has 0 saturated carbocycles. The first-order chi connectivity index (χ1) is 10.2. The summed E-state index contributed by atoms with van der Waals surface area (Å²) < 4.78 is 17.1. The summed E-state index contributed by atoms with van der Waals surface area (Å²) in [6, 6.07) is 10.8. The highest BCUT2D eigenvalue weighted by Crippen LogP contribution is 2.30. The Labute approximate surface area is 134 Å². The number of hydrogen-bond donors (Lipinski definition) is 1. The van der Waals surface area contributed by atoms with E-state index in [1.54, 1.807) is 24.3 Å². The fourth-order valence-corrected chi connectivity index (χ4v) is 2.21. The molecule has 2 aromatic rings. The van der Waals surface area contributed by atoms with E-state index in [1.807, 2.05) is 34.7 Å². The first-order valence-electron chi connectivity index (χ1n) is 6.19. The quantitative estimate of drug-likeness (QED) is 0.489. The smallest absolute Gasteiger partial charge is 0.284 e. The Balaban J connectivity index is 1.58. The lowest BCUT2D eigenvalue weighted by Gasteiger charge is -2.24. The number of fused-ring (bicyclic) bond motifs is 1. The van der Waals surface area contributed by atoms with E-state index < -0.39 is 6.10 Å². The molecule has 2 heterocycles. The fourth-order valence-electron chi connectivity index (χ4n) is 1.78. The van der Waals surface area contributed by atoms with Crippen LogP contribution in [0.5, 0.6) is 11.5 Å². The number of benzene rings is 1. The fraction of sp³-hybridized carbons (Fsp3) is 0.143. The van der Waals surface area contributed by atoms with Gasteiger partial charge in [0, 0.05) is 0 Å². The van der Waals surface area contributed by atoms with Crippen LogP contribution in [0.4, 0.5) is 0 Å². The average Bonchev–Trinajstić information content (AvgIpc) is 2.92. The SMILES string of the molecule is O=C(N/N=C\c1ccc(I)o1)[C@H]1COc2ccccc2O1. The molecule has 1 aromatic carbocycles. The Kier molecular flexibility index (Phi) is 4.09. The van der Waals surface area contributed by atoms with E-state index in [1.165, 1.54) is 6.21 Å². The molecule has 1 aliphatic heterocycles. The van der Waals surface area contributed by atoms with Gasteiger partial charge < -0.3 is 13.9 Å². The van der Waals surface area contributed by atoms with Crippen molar-refractivity contribution in [1.82, 2.24) is 5.43 Å². The molecule has 108 valence electrons. The van der Waals surface area contributed by atoms with Gasteiger partial charge in [-0.15, -0.1) is 0 Å². The molecule has 1 aromatic heterocycles. The summed E-state index contributed by atoms with van der Waals surface area (Å²) in [5, 5.41) is 3.83. The summed E-state index contributed by atoms with van der Waals surface area (Å²) in [4.78, 5) is 11.9. The standard InChI is InChI=1S/C14H11IN2O4/c15-13-6-5-9(20-13)7-16-17-14(18)12-8-19-10-3-1-2-4-11(10)21-12/h1-7,12H,8H2,(H,17,18)/b16-7-/t12-/m1/s1. The third-order valence-electron chi connectivity index (χ3n) is 2.76. The number of rotatable bonds is 3. The van der Waals surface area contributed by atoms with Gasteiger partial charge in [-0.1, -0.05) is 12.1 Å². The van der Waals surface area contributed by atoms with Crippen LogP contribution in [-0.4, -0.2) is 24.8 Å². The number of para-hydroxylation sites is 2. The lowest BCUT2D eigenvalue weighted by molar-refractivity contribution is -0.130. The summed E-state index contributed by atoms with van der Waals surface area (Å²) >= 11 is 2.05. The zero-order chi connectivity index (χ0) is 14.7. The summed E-state index contributed by atoms with van der Waals surface area (Å²) in [5.41, 5.74) is 2.40. The van der Waals surface area contributed by atoms with Crippen LogP contribution in [0.1, 0.15) is 5.76 Å². The lowest BCUT2D eigenvalue weighted by Crippen LogP contribution is -2.42. The number of carbonyl (C=O) groups excluding carboxylic acids is 1. The number of nitrogens with zero attached hydrogens (tertiary/aromatic N) is 1. The van der Waals surface area contributed by atoms with Gasteiger partial charge in [0.2, 0.25) is 6.10 Å². The summed E-state index contributed by atoms with van der Waals surface area (Å²) in [6.07, 6.45) is 0.700. The highest BCUT2D eigenvalue weighted by atomic mass is 127. The second-order valence-electron chi connectivity index (χ2n) is 4.24. The van der Waals surface area contributed by atoms with Crippen LogP contribution >= 0.6 is 22.6 Å². The Hall–Kier alpha value is -2.03. The maximum atomic E-state index is 11.9. The monoisotopic (exact) mass is 398 g/mol. The Bertz CT molecular complexity index is 683. The van der Waals surface area contributed by atoms with E-state index in [2.05, 4.69) is 10.5 Å². The van der Waals surface area contributed by atoms with Crippen molar-refractivity contribution in [2.45, 2.75) is 6.10 Å². The molecule has 21 heavy (non-hydrogen) atoms. The molecule has 0 aliphatic carbocycles. The molecule has 7 heteroatoms. The number of hydrazone groups is 1. The minimum Gasteiger partial charge on any atom is -0.485 e. The predicted octanol–water partition coefficient (Wildman–Crippen LogP) is 2.17. The van der Waals surface area contributed by atoms with E-state index in [0.29, 0.717) is 17.3 Å². The zero-order valence-corrected chi connectivity index (χ0v) is 12.9. The minimum atomic E-state index is -0.728. The van der Waals surface area contributed by atoms with Gasteiger partial charge in [-0.25, -0.2) is 5.43 Å². The van der Waals surface area contributed by atoms with Gasteiger partial charge in [-0.05, 0) is 46.9 Å². The molecule has 0 bridgehead atoms. The number of halogens is 1. The second-order valence-corrected chi connectivity index (χ2v) is 5.30. The topological polar surface area (TPSA) is 73.1 Å². The van der Waals surface area contributed by atoms with Crippen molar-refractivity contribution in [2.24, 2.45) is 5.10 Å². The largest absolute Gasteiger partial charge is 0.485 e. The maximum absolute atomic E-state index is 11.9. The van der Waals surface area contributed by atoms with Crippen molar-refractivity contribution < 1.29 is 18.7 Å². The molecule has 0 radical (unpaired) electrons. The molecule has 1 aliphatic rings. The maximum Gasteiger partial charge on any atom is 0.284 e. The van der Waals surface area contributed by atoms with Gasteiger partial charge in [0.15, 0.2) is 15.3 Å². The second kappa shape index (κ2) is 6.17. The van der Waals surface area contributed by atoms with Crippen molar-refractivity contribution in [1.29, 1.82) is 0 Å². The Morgan fingerprint density at radius 3 is 2.86 bits per heavy atom. The van der Waals surface area contributed by atoms with Crippen LogP contribution < -0.4 is 14.9 Å². The van der Waals surface area contributed by atoms with E-state index >= 15 is 0 Å². The average molecular weight is 398 g/mol. The highest BCUT2D eigenvalue weighted by molar-refractivity contribution is 14.1. The predicted molar refractivity (Wildman–Crippen MR) is 83.5 cm³/mol. The molecule has 1 atom stereocenters. The number of furan rings is 1. The first kappa shape index (κ1) is 13.9. The van der Waals surface area contributed by atoms with Crippen molar-refractivity contribution in [3.05, 3.63) is 45.9 Å². The van der Waals surface area contributed by atoms with E-state index in [-0.39, 0.29) is 12.5 Å². The summed E-state index contributed by atoms with van der Waals surface area (Å²) in [5.74, 6) is 1.37. The highest BCUT2D eigenvalue weighted by Gasteiger charge is 2.26. The van der Waals surface area contributed by atoms with Gasteiger partial charge in [0.25, 0.3) is 5.91 Å². The molecule has 3 rings (SSSR count). The van der Waals surface area contributed by atoms with E-state index in [4.69, 9.17) is 13.9 Å². The molecule has 0 fully saturated rings. The number of carbonyl (C=O) groups is 1. The first-order valence-corrected chi connectivity index (χ1v) is 7.27. The molecular formula is C14H11IN2O4. The number of amides is 1. The number of ether oxygens (including phenoxy) is 2. The van der Waals surface area contributed by atoms with Crippen molar-refractivity contribution in [3.63, 3.8) is 0 Å². The van der Waals surface area contributed by atoms with Crippen LogP contribution in [0.2, 0.25) is 0 Å². The van der Waals surface area contributed by atoms with Crippen molar-refractivity contribution in [3.8, 4) is 11.5 Å². The van der Waals surface area contributed by atoms with Gasteiger partial charge in [-0.2, -0.15) is 5.10 Å². The number of hydrogen-bond acceptors (Lipinski definition) is 5. The third-order valence-corrected chi connectivity index (χ3v) is 3.34. The number of nitrogens with one attached hydrogen (secondary N) is 1. The van der Waals surface area contributed by atoms with Gasteiger partial charge in [0.05, 0.1) is 6.21 Å². The Morgan fingerprint density at radius 2 is 2.10 bits per heavy atom. The normalized spacial score (nSPS) is 16.9. The molecule has 6 nitrogen and oxygen atoms in total. The van der Waals surface area contributed by atoms with Crippen LogP contribution in [0.25, 0.3) is 0 Å². The van der Waals surface area contributed by atoms with Crippen LogP contribution in [0, 0.1) is 3.77 Å². The lowest BCUT2D eigenvalue weighted by atomic mass is 10.2. The van der Waals surface area contributed by atoms with Crippen LogP contribution in [0.15, 0.2) is 45.9 Å². The Morgan fingerprint density at radius 1 is 1.29 bits per heavy atom. The minimum absolute atomic E-state index is 0.150. The van der Waals surface area contributed by atoms with E-state index in [9.17, 15) is 4.79 Å². The summed E-state index contributed by atoms with van der Waals surface area (Å²) in [6.45, 7) is 0.150. The molecule has 0 unspecified atom stereocenters. The van der Waals surface area contributed by atoms with E-state index in [0.717, 1.165) is 3.77 Å². The third kappa shape index (κ3) is 3.35. The molecule has 0 spiro atoms. The van der Waals surface area contributed by atoms with Crippen molar-refractivity contribution >= 4 is 34.7 Å².